The second-order valence-electron chi connectivity index (χ2n) is 6.31. The second kappa shape index (κ2) is 12.3. The summed E-state index contributed by atoms with van der Waals surface area (Å²) in [4.78, 5) is 11.6. The quantitative estimate of drug-likeness (QED) is 0.589. The van der Waals surface area contributed by atoms with Crippen LogP contribution in [0.25, 0.3) is 22.0 Å². The van der Waals surface area contributed by atoms with Gasteiger partial charge in [0.2, 0.25) is 0 Å². The third kappa shape index (κ3) is 5.77. The summed E-state index contributed by atoms with van der Waals surface area (Å²) in [6.45, 7) is 6.00. The molecule has 3 heterocycles. The van der Waals surface area contributed by atoms with Gasteiger partial charge in [-0.15, -0.1) is 49.6 Å². The maximum Gasteiger partial charge on any atom is 0.145 e. The lowest BCUT2D eigenvalue weighted by Gasteiger charge is -2.28. The minimum atomic E-state index is 0. The van der Waals surface area contributed by atoms with Gasteiger partial charge in [0.25, 0.3) is 0 Å². The van der Waals surface area contributed by atoms with Gasteiger partial charge in [-0.1, -0.05) is 12.1 Å². The zero-order valence-electron chi connectivity index (χ0n) is 16.3. The highest BCUT2D eigenvalue weighted by Gasteiger charge is 2.14. The molecule has 3 aromatic rings. The lowest BCUT2D eigenvalue weighted by Crippen LogP contribution is -2.43. The van der Waals surface area contributed by atoms with Crippen LogP contribution in [0.5, 0.6) is 5.75 Å². The van der Waals surface area contributed by atoms with Crippen molar-refractivity contribution in [3.63, 3.8) is 0 Å². The van der Waals surface area contributed by atoms with Gasteiger partial charge in [-0.3, -0.25) is 0 Å². The first-order valence-corrected chi connectivity index (χ1v) is 8.63. The Morgan fingerprint density at radius 3 is 2.41 bits per heavy atom. The van der Waals surface area contributed by atoms with Crippen molar-refractivity contribution in [2.24, 2.45) is 0 Å². The molecule has 1 saturated heterocycles. The zero-order chi connectivity index (χ0) is 17.2. The molecule has 9 heteroatoms. The van der Waals surface area contributed by atoms with Crippen LogP contribution in [0, 0.1) is 6.92 Å². The van der Waals surface area contributed by atoms with Crippen LogP contribution in [0.2, 0.25) is 0 Å². The number of pyridine rings is 2. The molecule has 0 atom stereocenters. The summed E-state index contributed by atoms with van der Waals surface area (Å²) >= 11 is 0. The van der Waals surface area contributed by atoms with Gasteiger partial charge in [0.15, 0.2) is 0 Å². The lowest BCUT2D eigenvalue weighted by atomic mass is 10.0. The average molecular weight is 480 g/mol. The number of aryl methyl sites for hydroxylation is 1. The van der Waals surface area contributed by atoms with Gasteiger partial charge in [0.05, 0.1) is 7.11 Å². The molecule has 0 radical (unpaired) electrons. The standard InChI is InChI=1S/C20H22N4O.4ClH/c1-14-12-17(16-4-3-5-18(25-2)20(16)23-14)15-6-7-22-19(13-15)24-10-8-21-9-11-24;;;;/h3-7,12-13,21H,8-11H2,1-2H3;4*1H. The zero-order valence-corrected chi connectivity index (χ0v) is 19.5. The lowest BCUT2D eigenvalue weighted by molar-refractivity contribution is 0.419. The molecule has 0 aliphatic carbocycles. The van der Waals surface area contributed by atoms with E-state index in [1.54, 1.807) is 7.11 Å². The minimum absolute atomic E-state index is 0. The molecule has 0 amide bonds. The number of fused-ring (bicyclic) bond motifs is 1. The van der Waals surface area contributed by atoms with Gasteiger partial charge in [-0.2, -0.15) is 0 Å². The van der Waals surface area contributed by atoms with E-state index in [1.165, 1.54) is 5.56 Å². The summed E-state index contributed by atoms with van der Waals surface area (Å²) in [5.41, 5.74) is 4.21. The summed E-state index contributed by atoms with van der Waals surface area (Å²) in [5.74, 6) is 1.84. The number of aromatic nitrogens is 2. The fourth-order valence-electron chi connectivity index (χ4n) is 3.41. The van der Waals surface area contributed by atoms with E-state index in [0.29, 0.717) is 0 Å². The number of halogens is 4. The summed E-state index contributed by atoms with van der Waals surface area (Å²) in [6, 6.07) is 12.5. The number of nitrogens with zero attached hydrogens (tertiary/aromatic N) is 3. The molecule has 160 valence electrons. The topological polar surface area (TPSA) is 50.3 Å². The number of ether oxygens (including phenoxy) is 1. The van der Waals surface area contributed by atoms with Gasteiger partial charge >= 0.3 is 0 Å². The van der Waals surface area contributed by atoms with Crippen molar-refractivity contribution >= 4 is 66.3 Å². The van der Waals surface area contributed by atoms with Crippen LogP contribution in [0.3, 0.4) is 0 Å². The fourth-order valence-corrected chi connectivity index (χ4v) is 3.41. The summed E-state index contributed by atoms with van der Waals surface area (Å²) in [7, 11) is 1.69. The van der Waals surface area contributed by atoms with Crippen LogP contribution in [0.1, 0.15) is 5.69 Å². The van der Waals surface area contributed by atoms with Crippen molar-refractivity contribution in [2.45, 2.75) is 6.92 Å². The monoisotopic (exact) mass is 478 g/mol. The number of anilines is 1. The third-order valence-corrected chi connectivity index (χ3v) is 4.65. The van der Waals surface area contributed by atoms with Crippen molar-refractivity contribution in [1.82, 2.24) is 15.3 Å². The maximum atomic E-state index is 5.50. The second-order valence-corrected chi connectivity index (χ2v) is 6.31. The summed E-state index contributed by atoms with van der Waals surface area (Å²) in [6.07, 6.45) is 1.90. The predicted molar refractivity (Wildman–Crippen MR) is 130 cm³/mol. The minimum Gasteiger partial charge on any atom is -0.494 e. The number of benzene rings is 1. The molecule has 1 fully saturated rings. The summed E-state index contributed by atoms with van der Waals surface area (Å²) in [5, 5.41) is 4.48. The molecule has 0 unspecified atom stereocenters. The molecule has 4 rings (SSSR count). The van der Waals surface area contributed by atoms with Gasteiger partial charge in [-0.05, 0) is 42.3 Å². The molecule has 1 aliphatic rings. The largest absolute Gasteiger partial charge is 0.494 e. The first-order valence-electron chi connectivity index (χ1n) is 8.63. The SMILES string of the molecule is COc1cccc2c(-c3ccnc(N4CCNCC4)c3)cc(C)nc12.Cl.Cl.Cl.Cl. The van der Waals surface area contributed by atoms with E-state index in [1.807, 2.05) is 25.3 Å². The van der Waals surface area contributed by atoms with E-state index in [9.17, 15) is 0 Å². The number of hydrogen-bond donors (Lipinski definition) is 1. The van der Waals surface area contributed by atoms with E-state index in [0.717, 1.165) is 59.9 Å². The van der Waals surface area contributed by atoms with E-state index in [2.05, 4.69) is 44.5 Å². The van der Waals surface area contributed by atoms with Crippen LogP contribution in [0.4, 0.5) is 5.82 Å². The van der Waals surface area contributed by atoms with Crippen molar-refractivity contribution < 1.29 is 4.74 Å². The highest BCUT2D eigenvalue weighted by atomic mass is 35.5. The van der Waals surface area contributed by atoms with Crippen molar-refractivity contribution in [2.75, 3.05) is 38.2 Å². The number of methoxy groups -OCH3 is 1. The van der Waals surface area contributed by atoms with Gasteiger partial charge in [0, 0.05) is 43.5 Å². The molecule has 0 spiro atoms. The first-order chi connectivity index (χ1) is 12.3. The Morgan fingerprint density at radius 2 is 1.72 bits per heavy atom. The van der Waals surface area contributed by atoms with E-state index in [-0.39, 0.29) is 49.6 Å². The summed E-state index contributed by atoms with van der Waals surface area (Å²) < 4.78 is 5.50. The van der Waals surface area contributed by atoms with Crippen LogP contribution < -0.4 is 15.0 Å². The molecular formula is C20H26Cl4N4O. The predicted octanol–water partition coefficient (Wildman–Crippen LogP) is 4.71. The third-order valence-electron chi connectivity index (χ3n) is 4.65. The Hall–Kier alpha value is -1.50. The molecule has 1 aliphatic heterocycles. The van der Waals surface area contributed by atoms with E-state index < -0.39 is 0 Å². The van der Waals surface area contributed by atoms with Gasteiger partial charge < -0.3 is 15.0 Å². The number of hydrogen-bond acceptors (Lipinski definition) is 5. The van der Waals surface area contributed by atoms with Gasteiger partial charge in [0.1, 0.15) is 17.1 Å². The van der Waals surface area contributed by atoms with Crippen LogP contribution >= 0.6 is 49.6 Å². The Kier molecular flexibility index (Phi) is 11.6. The Morgan fingerprint density at radius 1 is 1.00 bits per heavy atom. The molecule has 1 aromatic carbocycles. The van der Waals surface area contributed by atoms with Crippen LogP contribution in [0.15, 0.2) is 42.6 Å². The first kappa shape index (κ1) is 27.5. The van der Waals surface area contributed by atoms with Crippen LogP contribution in [-0.4, -0.2) is 43.3 Å². The average Bonchev–Trinajstić information content (AvgIpc) is 2.67. The molecule has 5 nitrogen and oxygen atoms in total. The van der Waals surface area contributed by atoms with Crippen molar-refractivity contribution in [1.29, 1.82) is 0 Å². The maximum absolute atomic E-state index is 5.50. The Labute approximate surface area is 196 Å². The highest BCUT2D eigenvalue weighted by molar-refractivity contribution is 5.98. The number of nitrogens with one attached hydrogen (secondary N) is 1. The number of rotatable bonds is 3. The Bertz CT molecular complexity index is 920. The molecule has 0 bridgehead atoms. The molecular weight excluding hydrogens is 454 g/mol. The number of piperazine rings is 1. The van der Waals surface area contributed by atoms with E-state index >= 15 is 0 Å². The van der Waals surface area contributed by atoms with Gasteiger partial charge in [-0.25, -0.2) is 9.97 Å². The Balaban J connectivity index is 0.00000196. The molecule has 29 heavy (non-hydrogen) atoms. The van der Waals surface area contributed by atoms with Crippen molar-refractivity contribution in [3.8, 4) is 16.9 Å². The van der Waals surface area contributed by atoms with Crippen molar-refractivity contribution in [3.05, 3.63) is 48.3 Å². The normalized spacial score (nSPS) is 12.7. The smallest absolute Gasteiger partial charge is 0.145 e. The van der Waals surface area contributed by atoms with E-state index in [4.69, 9.17) is 4.74 Å². The fraction of sp³-hybridized carbons (Fsp3) is 0.300. The molecule has 2 aromatic heterocycles. The number of para-hydroxylation sites is 1. The molecule has 1 N–H and O–H groups in total. The van der Waals surface area contributed by atoms with Crippen LogP contribution in [-0.2, 0) is 0 Å². The molecule has 0 saturated carbocycles. The highest BCUT2D eigenvalue weighted by Crippen LogP contribution is 2.34.